The molecule has 2 heterocycles. The Labute approximate surface area is 88.7 Å². The van der Waals surface area contributed by atoms with Gasteiger partial charge in [0.1, 0.15) is 12.7 Å². The molecule has 0 amide bonds. The van der Waals surface area contributed by atoms with Crippen molar-refractivity contribution < 1.29 is 0 Å². The molecular weight excluding hydrogens is 190 g/mol. The van der Waals surface area contributed by atoms with Crippen molar-refractivity contribution in [3.8, 4) is 0 Å². The molecule has 0 bridgehead atoms. The van der Waals surface area contributed by atoms with Crippen molar-refractivity contribution in [2.75, 3.05) is 6.54 Å². The summed E-state index contributed by atoms with van der Waals surface area (Å²) in [5.74, 6) is 0. The molecule has 5 heteroatoms. The summed E-state index contributed by atoms with van der Waals surface area (Å²) in [6, 6.07) is 2.11. The highest BCUT2D eigenvalue weighted by atomic mass is 15.3. The van der Waals surface area contributed by atoms with E-state index in [0.29, 0.717) is 0 Å². The van der Waals surface area contributed by atoms with E-state index < -0.39 is 0 Å². The predicted octanol–water partition coefficient (Wildman–Crippen LogP) is 0.406. The maximum atomic E-state index is 4.03. The van der Waals surface area contributed by atoms with E-state index in [-0.39, 0.29) is 0 Å². The number of nitrogens with one attached hydrogen (secondary N) is 1. The minimum atomic E-state index is 0.854. The van der Waals surface area contributed by atoms with E-state index in [4.69, 9.17) is 0 Å². The molecule has 0 saturated carbocycles. The monoisotopic (exact) mass is 205 g/mol. The first kappa shape index (κ1) is 9.92. The van der Waals surface area contributed by atoms with Gasteiger partial charge in [0.2, 0.25) is 0 Å². The molecule has 80 valence electrons. The van der Waals surface area contributed by atoms with E-state index >= 15 is 0 Å². The summed E-state index contributed by atoms with van der Waals surface area (Å²) in [6.45, 7) is 2.65. The van der Waals surface area contributed by atoms with Crippen LogP contribution in [0.1, 0.15) is 5.56 Å². The average Bonchev–Trinajstić information content (AvgIpc) is 2.84. The van der Waals surface area contributed by atoms with Crippen molar-refractivity contribution in [3.05, 3.63) is 36.7 Å². The quantitative estimate of drug-likeness (QED) is 0.719. The highest BCUT2D eigenvalue weighted by Crippen LogP contribution is 1.97. The van der Waals surface area contributed by atoms with Crippen LogP contribution in [0, 0.1) is 0 Å². The lowest BCUT2D eigenvalue weighted by Crippen LogP contribution is -2.19. The number of hydrogen-bond acceptors (Lipinski definition) is 3. The fraction of sp³-hybridized carbons (Fsp3) is 0.400. The SMILES string of the molecule is Cn1ccc(CNCCn2cncn2)c1. The zero-order valence-electron chi connectivity index (χ0n) is 8.80. The van der Waals surface area contributed by atoms with E-state index in [0.717, 1.165) is 19.6 Å². The van der Waals surface area contributed by atoms with E-state index in [1.54, 1.807) is 12.7 Å². The highest BCUT2D eigenvalue weighted by molar-refractivity contribution is 5.09. The Morgan fingerprint density at radius 3 is 3.07 bits per heavy atom. The summed E-state index contributed by atoms with van der Waals surface area (Å²) in [6.07, 6.45) is 7.44. The molecule has 0 spiro atoms. The minimum absolute atomic E-state index is 0.854. The van der Waals surface area contributed by atoms with E-state index in [2.05, 4.69) is 38.4 Å². The van der Waals surface area contributed by atoms with Crippen LogP contribution in [0.25, 0.3) is 0 Å². The van der Waals surface area contributed by atoms with Gasteiger partial charge in [-0.15, -0.1) is 0 Å². The molecule has 0 unspecified atom stereocenters. The van der Waals surface area contributed by atoms with Gasteiger partial charge in [-0.1, -0.05) is 0 Å². The summed E-state index contributed by atoms with van der Waals surface area (Å²) in [4.78, 5) is 3.88. The second-order valence-electron chi connectivity index (χ2n) is 3.52. The molecule has 2 aromatic heterocycles. The number of hydrogen-bond donors (Lipinski definition) is 1. The van der Waals surface area contributed by atoms with Gasteiger partial charge in [-0.25, -0.2) is 4.98 Å². The van der Waals surface area contributed by atoms with Gasteiger partial charge in [0, 0.05) is 32.5 Å². The Morgan fingerprint density at radius 2 is 2.40 bits per heavy atom. The van der Waals surface area contributed by atoms with Crippen LogP contribution >= 0.6 is 0 Å². The van der Waals surface area contributed by atoms with Gasteiger partial charge in [0.15, 0.2) is 0 Å². The average molecular weight is 205 g/mol. The largest absolute Gasteiger partial charge is 0.357 e. The van der Waals surface area contributed by atoms with E-state index in [9.17, 15) is 0 Å². The van der Waals surface area contributed by atoms with E-state index in [1.165, 1.54) is 5.56 Å². The zero-order chi connectivity index (χ0) is 10.5. The topological polar surface area (TPSA) is 47.7 Å². The molecule has 15 heavy (non-hydrogen) atoms. The standard InChI is InChI=1S/C10H15N5/c1-14-4-2-10(7-14)6-11-3-5-15-9-12-8-13-15/h2,4,7-9,11H,3,5-6H2,1H3. The van der Waals surface area contributed by atoms with Crippen LogP contribution in [0.15, 0.2) is 31.1 Å². The zero-order valence-corrected chi connectivity index (χ0v) is 8.80. The van der Waals surface area contributed by atoms with Gasteiger partial charge in [-0.3, -0.25) is 4.68 Å². The molecule has 1 N–H and O–H groups in total. The first-order valence-corrected chi connectivity index (χ1v) is 4.98. The van der Waals surface area contributed by atoms with E-state index in [1.807, 2.05) is 11.7 Å². The fourth-order valence-corrected chi connectivity index (χ4v) is 1.44. The number of aryl methyl sites for hydroxylation is 1. The molecule has 0 saturated heterocycles. The van der Waals surface area contributed by atoms with Gasteiger partial charge >= 0.3 is 0 Å². The third-order valence-electron chi connectivity index (χ3n) is 2.21. The van der Waals surface area contributed by atoms with Crippen LogP contribution in [0.4, 0.5) is 0 Å². The minimum Gasteiger partial charge on any atom is -0.357 e. The Hall–Kier alpha value is -1.62. The predicted molar refractivity (Wildman–Crippen MR) is 57.1 cm³/mol. The molecule has 0 atom stereocenters. The number of rotatable bonds is 5. The van der Waals surface area contributed by atoms with Crippen LogP contribution in [-0.2, 0) is 20.1 Å². The highest BCUT2D eigenvalue weighted by Gasteiger charge is 1.94. The fourth-order valence-electron chi connectivity index (χ4n) is 1.44. The maximum absolute atomic E-state index is 4.03. The summed E-state index contributed by atoms with van der Waals surface area (Å²) < 4.78 is 3.87. The van der Waals surface area contributed by atoms with Gasteiger partial charge in [0.25, 0.3) is 0 Å². The Kier molecular flexibility index (Phi) is 3.14. The lowest BCUT2D eigenvalue weighted by atomic mass is 10.3. The molecule has 2 aromatic rings. The second kappa shape index (κ2) is 4.75. The normalized spacial score (nSPS) is 10.7. The number of nitrogens with zero attached hydrogens (tertiary/aromatic N) is 4. The smallest absolute Gasteiger partial charge is 0.137 e. The summed E-state index contributed by atoms with van der Waals surface area (Å²) in [5.41, 5.74) is 1.30. The first-order valence-electron chi connectivity index (χ1n) is 4.98. The third-order valence-corrected chi connectivity index (χ3v) is 2.21. The third kappa shape index (κ3) is 2.92. The molecule has 0 aliphatic rings. The molecule has 0 aliphatic heterocycles. The molecule has 2 rings (SSSR count). The van der Waals surface area contributed by atoms with Gasteiger partial charge in [-0.05, 0) is 11.6 Å². The van der Waals surface area contributed by atoms with Gasteiger partial charge in [-0.2, -0.15) is 5.10 Å². The lowest BCUT2D eigenvalue weighted by Gasteiger charge is -2.02. The van der Waals surface area contributed by atoms with Crippen LogP contribution in [0.5, 0.6) is 0 Å². The second-order valence-corrected chi connectivity index (χ2v) is 3.52. The summed E-state index contributed by atoms with van der Waals surface area (Å²) in [5, 5.41) is 7.38. The summed E-state index contributed by atoms with van der Waals surface area (Å²) >= 11 is 0. The Morgan fingerprint density at radius 1 is 1.47 bits per heavy atom. The van der Waals surface area contributed by atoms with Crippen LogP contribution in [0.2, 0.25) is 0 Å². The van der Waals surface area contributed by atoms with Crippen LogP contribution in [-0.4, -0.2) is 25.9 Å². The van der Waals surface area contributed by atoms with Crippen LogP contribution < -0.4 is 5.32 Å². The van der Waals surface area contributed by atoms with Crippen molar-refractivity contribution >= 4 is 0 Å². The lowest BCUT2D eigenvalue weighted by molar-refractivity contribution is 0.553. The van der Waals surface area contributed by atoms with Gasteiger partial charge < -0.3 is 9.88 Å². The van der Waals surface area contributed by atoms with Crippen molar-refractivity contribution in [2.24, 2.45) is 7.05 Å². The number of aromatic nitrogens is 4. The molecule has 5 nitrogen and oxygen atoms in total. The molecule has 0 radical (unpaired) electrons. The Balaban J connectivity index is 1.67. The Bertz CT molecular complexity index is 390. The maximum Gasteiger partial charge on any atom is 0.137 e. The molecule has 0 aromatic carbocycles. The van der Waals surface area contributed by atoms with Gasteiger partial charge in [0.05, 0.1) is 6.54 Å². The summed E-state index contributed by atoms with van der Waals surface area (Å²) in [7, 11) is 2.03. The molecular formula is C10H15N5. The molecule has 0 aliphatic carbocycles. The van der Waals surface area contributed by atoms with Crippen molar-refractivity contribution in [1.82, 2.24) is 24.6 Å². The molecule has 0 fully saturated rings. The van der Waals surface area contributed by atoms with Crippen molar-refractivity contribution in [3.63, 3.8) is 0 Å². The van der Waals surface area contributed by atoms with Crippen molar-refractivity contribution in [2.45, 2.75) is 13.1 Å². The van der Waals surface area contributed by atoms with Crippen molar-refractivity contribution in [1.29, 1.82) is 0 Å². The first-order chi connectivity index (χ1) is 7.34. The van der Waals surface area contributed by atoms with Crippen LogP contribution in [0.3, 0.4) is 0 Å².